The first-order chi connectivity index (χ1) is 19.5. The molecule has 0 heterocycles. The number of hydrogen-bond acceptors (Lipinski definition) is 7. The van der Waals surface area contributed by atoms with Gasteiger partial charge in [0.05, 0.1) is 12.2 Å². The lowest BCUT2D eigenvalue weighted by Gasteiger charge is -2.26. The fourth-order valence-electron chi connectivity index (χ4n) is 4.34. The van der Waals surface area contributed by atoms with Gasteiger partial charge in [-0.3, -0.25) is 4.79 Å². The van der Waals surface area contributed by atoms with E-state index in [1.807, 2.05) is 44.2 Å². The fraction of sp³-hybridized carbons (Fsp3) is 0.581. The monoisotopic (exact) mass is 593 g/mol. The van der Waals surface area contributed by atoms with Crippen LogP contribution in [0.5, 0.6) is 5.75 Å². The van der Waals surface area contributed by atoms with Gasteiger partial charge in [0.2, 0.25) is 10.0 Å². The molecule has 2 unspecified atom stereocenters. The van der Waals surface area contributed by atoms with E-state index in [2.05, 4.69) is 19.2 Å². The van der Waals surface area contributed by atoms with Gasteiger partial charge in [0, 0.05) is 31.7 Å². The second kappa shape index (κ2) is 18.1. The molecule has 2 rings (SSSR count). The molecule has 230 valence electrons. The molecule has 0 aromatic heterocycles. The van der Waals surface area contributed by atoms with Crippen LogP contribution < -0.4 is 15.8 Å². The van der Waals surface area contributed by atoms with Gasteiger partial charge < -0.3 is 20.5 Å². The molecule has 2 atom stereocenters. The maximum atomic E-state index is 14.4. The summed E-state index contributed by atoms with van der Waals surface area (Å²) in [7, 11) is -3.58. The Kier molecular flexibility index (Phi) is 15.3. The van der Waals surface area contributed by atoms with Crippen LogP contribution in [-0.2, 0) is 32.6 Å². The number of carbonyl (C=O) groups excluding carboxylic acids is 1. The van der Waals surface area contributed by atoms with Crippen molar-refractivity contribution in [2.24, 2.45) is 11.7 Å². The maximum absolute atomic E-state index is 14.4. The SMILES string of the molecule is CCCN(CCC)S(=O)(=O)CCC(=O)OC(CNCCC(C)C)C(N)Cc1cc(F)cc(OCc2ccccc2)c1. The molecular weight excluding hydrogens is 545 g/mol. The highest BCUT2D eigenvalue weighted by Gasteiger charge is 2.26. The molecule has 0 aliphatic carbocycles. The van der Waals surface area contributed by atoms with Crippen molar-refractivity contribution in [1.29, 1.82) is 0 Å². The molecule has 2 aromatic rings. The first-order valence-corrected chi connectivity index (χ1v) is 16.2. The minimum Gasteiger partial charge on any atom is -0.489 e. The molecule has 8 nitrogen and oxygen atoms in total. The van der Waals surface area contributed by atoms with Crippen molar-refractivity contribution in [3.05, 3.63) is 65.5 Å². The van der Waals surface area contributed by atoms with Gasteiger partial charge in [-0.1, -0.05) is 58.0 Å². The van der Waals surface area contributed by atoms with E-state index < -0.39 is 34.0 Å². The Morgan fingerprint density at radius 2 is 1.73 bits per heavy atom. The molecule has 10 heteroatoms. The molecular formula is C31H48FN3O5S. The molecule has 0 bridgehead atoms. The summed E-state index contributed by atoms with van der Waals surface area (Å²) in [6, 6.07) is 13.4. The third-order valence-electron chi connectivity index (χ3n) is 6.56. The molecule has 0 amide bonds. The van der Waals surface area contributed by atoms with Gasteiger partial charge in [0.25, 0.3) is 0 Å². The van der Waals surface area contributed by atoms with E-state index in [0.29, 0.717) is 62.9 Å². The number of nitrogens with one attached hydrogen (secondary N) is 1. The summed E-state index contributed by atoms with van der Waals surface area (Å²) in [6.45, 7) is 10.2. The zero-order valence-electron chi connectivity index (χ0n) is 25.0. The first kappa shape index (κ1) is 34.7. The van der Waals surface area contributed by atoms with Gasteiger partial charge >= 0.3 is 5.97 Å². The normalized spacial score (nSPS) is 13.4. The number of carbonyl (C=O) groups is 1. The van der Waals surface area contributed by atoms with Crippen LogP contribution >= 0.6 is 0 Å². The number of hydrogen-bond donors (Lipinski definition) is 2. The van der Waals surface area contributed by atoms with Crippen molar-refractivity contribution in [1.82, 2.24) is 9.62 Å². The Hall–Kier alpha value is -2.53. The minimum absolute atomic E-state index is 0.238. The second-order valence-corrected chi connectivity index (χ2v) is 12.9. The van der Waals surface area contributed by atoms with Crippen molar-refractivity contribution in [3.63, 3.8) is 0 Å². The average molecular weight is 594 g/mol. The van der Waals surface area contributed by atoms with Gasteiger partial charge in [0.15, 0.2) is 0 Å². The van der Waals surface area contributed by atoms with Crippen molar-refractivity contribution in [3.8, 4) is 5.75 Å². The molecule has 0 aliphatic heterocycles. The standard InChI is InChI=1S/C31H48FN3O5S/c1-5-15-35(16-6-2)41(37,38)17-13-31(36)40-30(22-34-14-12-24(3)4)29(33)20-26-18-27(32)21-28(19-26)39-23-25-10-8-7-9-11-25/h7-11,18-19,21,24,29-30,34H,5-6,12-17,20,22-23,33H2,1-4H3. The Bertz CT molecular complexity index is 1140. The summed E-state index contributed by atoms with van der Waals surface area (Å²) >= 11 is 0. The summed E-state index contributed by atoms with van der Waals surface area (Å²) in [6.07, 6.45) is 1.58. The van der Waals surface area contributed by atoms with Crippen molar-refractivity contribution < 1.29 is 27.1 Å². The topological polar surface area (TPSA) is 111 Å². The molecule has 0 aliphatic rings. The Morgan fingerprint density at radius 3 is 2.37 bits per heavy atom. The quantitative estimate of drug-likeness (QED) is 0.170. The van der Waals surface area contributed by atoms with Crippen molar-refractivity contribution in [2.75, 3.05) is 31.9 Å². The van der Waals surface area contributed by atoms with Gasteiger partial charge in [0.1, 0.15) is 24.3 Å². The molecule has 0 fully saturated rings. The van der Waals surface area contributed by atoms with Crippen LogP contribution in [0.4, 0.5) is 4.39 Å². The van der Waals surface area contributed by atoms with E-state index in [0.717, 1.165) is 12.0 Å². The lowest BCUT2D eigenvalue weighted by Crippen LogP contribution is -2.46. The highest BCUT2D eigenvalue weighted by atomic mass is 32.2. The second-order valence-electron chi connectivity index (χ2n) is 10.8. The number of rotatable bonds is 20. The van der Waals surface area contributed by atoms with Gasteiger partial charge in [-0.25, -0.2) is 17.1 Å². The summed E-state index contributed by atoms with van der Waals surface area (Å²) in [4.78, 5) is 12.8. The van der Waals surface area contributed by atoms with E-state index in [4.69, 9.17) is 15.2 Å². The number of halogens is 1. The first-order valence-electron chi connectivity index (χ1n) is 14.6. The number of ether oxygens (including phenoxy) is 2. The molecule has 0 saturated carbocycles. The highest BCUT2D eigenvalue weighted by Crippen LogP contribution is 2.20. The predicted octanol–water partition coefficient (Wildman–Crippen LogP) is 4.66. The average Bonchev–Trinajstić information content (AvgIpc) is 2.92. The van der Waals surface area contributed by atoms with Gasteiger partial charge in [-0.15, -0.1) is 0 Å². The van der Waals surface area contributed by atoms with E-state index in [1.165, 1.54) is 16.4 Å². The number of nitrogens with two attached hydrogens (primary N) is 1. The molecule has 3 N–H and O–H groups in total. The van der Waals surface area contributed by atoms with Gasteiger partial charge in [-0.2, -0.15) is 0 Å². The lowest BCUT2D eigenvalue weighted by atomic mass is 10.0. The third kappa shape index (κ3) is 13.3. The summed E-state index contributed by atoms with van der Waals surface area (Å²) in [5.41, 5.74) is 8.08. The van der Waals surface area contributed by atoms with Crippen molar-refractivity contribution >= 4 is 16.0 Å². The van der Waals surface area contributed by atoms with E-state index >= 15 is 0 Å². The van der Waals surface area contributed by atoms with E-state index in [9.17, 15) is 17.6 Å². The van der Waals surface area contributed by atoms with Crippen LogP contribution in [-0.4, -0.2) is 62.8 Å². The number of benzene rings is 2. The van der Waals surface area contributed by atoms with Crippen LogP contribution in [0.25, 0.3) is 0 Å². The number of sulfonamides is 1. The molecule has 0 radical (unpaired) electrons. The van der Waals surface area contributed by atoms with E-state index in [-0.39, 0.29) is 18.6 Å². The number of esters is 1. The minimum atomic E-state index is -3.58. The predicted molar refractivity (Wildman–Crippen MR) is 162 cm³/mol. The van der Waals surface area contributed by atoms with Crippen LogP contribution in [0, 0.1) is 11.7 Å². The Labute approximate surface area is 245 Å². The molecule has 41 heavy (non-hydrogen) atoms. The summed E-state index contributed by atoms with van der Waals surface area (Å²) in [5, 5.41) is 3.29. The summed E-state index contributed by atoms with van der Waals surface area (Å²) < 4.78 is 53.0. The largest absolute Gasteiger partial charge is 0.489 e. The molecule has 0 spiro atoms. The van der Waals surface area contributed by atoms with Crippen LogP contribution in [0.2, 0.25) is 0 Å². The Morgan fingerprint density at radius 1 is 1.05 bits per heavy atom. The van der Waals surface area contributed by atoms with Crippen LogP contribution in [0.1, 0.15) is 64.5 Å². The van der Waals surface area contributed by atoms with Crippen LogP contribution in [0.15, 0.2) is 48.5 Å². The molecule has 0 saturated heterocycles. The highest BCUT2D eigenvalue weighted by molar-refractivity contribution is 7.89. The van der Waals surface area contributed by atoms with Gasteiger partial charge in [-0.05, 0) is 61.4 Å². The third-order valence-corrected chi connectivity index (χ3v) is 8.43. The fourth-order valence-corrected chi connectivity index (χ4v) is 5.94. The number of nitrogens with zero attached hydrogens (tertiary/aromatic N) is 1. The lowest BCUT2D eigenvalue weighted by molar-refractivity contribution is -0.149. The summed E-state index contributed by atoms with van der Waals surface area (Å²) in [5.74, 6) is -0.513. The van der Waals surface area contributed by atoms with Crippen LogP contribution in [0.3, 0.4) is 0 Å². The molecule has 2 aromatic carbocycles. The van der Waals surface area contributed by atoms with E-state index in [1.54, 1.807) is 6.07 Å². The zero-order valence-corrected chi connectivity index (χ0v) is 25.8. The Balaban J connectivity index is 2.06. The smallest absolute Gasteiger partial charge is 0.307 e. The zero-order chi connectivity index (χ0) is 30.3. The van der Waals surface area contributed by atoms with Crippen molar-refractivity contribution in [2.45, 2.75) is 78.6 Å². The maximum Gasteiger partial charge on any atom is 0.307 e.